The van der Waals surface area contributed by atoms with Crippen LogP contribution >= 0.6 is 0 Å². The standard InChI is InChI=1S/C7H9N5O2/c1-12-6(13)5(2-3-10-11-8)4-9-7(12)14/h4H,2-3H2,1H3,(H,9,14). The Bertz CT molecular complexity index is 480. The number of aromatic nitrogens is 2. The SMILES string of the molecule is Cn1c(=O)[nH]cc(CCN=[N+]=[N-])c1=O. The predicted octanol–water partition coefficient (Wildman–Crippen LogP) is -0.0736. The van der Waals surface area contributed by atoms with Gasteiger partial charge in [0, 0.05) is 30.3 Å². The zero-order chi connectivity index (χ0) is 10.6. The van der Waals surface area contributed by atoms with Gasteiger partial charge in [-0.3, -0.25) is 9.36 Å². The Balaban J connectivity index is 3.00. The second-order valence-electron chi connectivity index (χ2n) is 2.69. The summed E-state index contributed by atoms with van der Waals surface area (Å²) in [5, 5.41) is 3.30. The molecular weight excluding hydrogens is 186 g/mol. The molecule has 1 heterocycles. The molecule has 0 radical (unpaired) electrons. The molecule has 0 aliphatic rings. The summed E-state index contributed by atoms with van der Waals surface area (Å²) in [4.78, 5) is 27.3. The van der Waals surface area contributed by atoms with Gasteiger partial charge in [0.15, 0.2) is 0 Å². The molecule has 0 aliphatic heterocycles. The molecule has 0 unspecified atom stereocenters. The Kier molecular flexibility index (Phi) is 3.09. The van der Waals surface area contributed by atoms with E-state index in [0.717, 1.165) is 4.57 Å². The van der Waals surface area contributed by atoms with Crippen LogP contribution in [0, 0.1) is 0 Å². The second kappa shape index (κ2) is 4.29. The summed E-state index contributed by atoms with van der Waals surface area (Å²) in [5.74, 6) is 0. The zero-order valence-electron chi connectivity index (χ0n) is 7.60. The average molecular weight is 195 g/mol. The molecule has 0 spiro atoms. The minimum Gasteiger partial charge on any atom is -0.314 e. The van der Waals surface area contributed by atoms with Crippen molar-refractivity contribution >= 4 is 0 Å². The first-order chi connectivity index (χ1) is 6.66. The number of hydrogen-bond acceptors (Lipinski definition) is 3. The Morgan fingerprint density at radius 1 is 1.64 bits per heavy atom. The molecular formula is C7H9N5O2. The zero-order valence-corrected chi connectivity index (χ0v) is 7.60. The minimum atomic E-state index is -0.456. The third-order valence-electron chi connectivity index (χ3n) is 1.80. The molecule has 0 aromatic carbocycles. The fourth-order valence-electron chi connectivity index (χ4n) is 1.01. The van der Waals surface area contributed by atoms with Gasteiger partial charge in [-0.25, -0.2) is 4.79 Å². The first-order valence-electron chi connectivity index (χ1n) is 3.95. The van der Waals surface area contributed by atoms with Gasteiger partial charge in [-0.15, -0.1) is 0 Å². The van der Waals surface area contributed by atoms with Gasteiger partial charge in [0.25, 0.3) is 5.56 Å². The maximum absolute atomic E-state index is 11.4. The highest BCUT2D eigenvalue weighted by Gasteiger charge is 2.02. The normalized spacial score (nSPS) is 9.50. The fraction of sp³-hybridized carbons (Fsp3) is 0.429. The van der Waals surface area contributed by atoms with E-state index in [-0.39, 0.29) is 12.1 Å². The van der Waals surface area contributed by atoms with E-state index >= 15 is 0 Å². The van der Waals surface area contributed by atoms with Gasteiger partial charge in [-0.2, -0.15) is 0 Å². The summed E-state index contributed by atoms with van der Waals surface area (Å²) in [6, 6.07) is 0. The Morgan fingerprint density at radius 3 is 3.00 bits per heavy atom. The van der Waals surface area contributed by atoms with Gasteiger partial charge < -0.3 is 4.98 Å². The van der Waals surface area contributed by atoms with E-state index in [0.29, 0.717) is 12.0 Å². The summed E-state index contributed by atoms with van der Waals surface area (Å²) in [6.45, 7) is 0.206. The number of aromatic amines is 1. The van der Waals surface area contributed by atoms with Crippen LogP contribution in [0.2, 0.25) is 0 Å². The van der Waals surface area contributed by atoms with E-state index in [4.69, 9.17) is 5.53 Å². The lowest BCUT2D eigenvalue weighted by atomic mass is 10.2. The summed E-state index contributed by atoms with van der Waals surface area (Å²) in [6.07, 6.45) is 1.67. The van der Waals surface area contributed by atoms with Crippen molar-refractivity contribution in [2.45, 2.75) is 6.42 Å². The molecule has 7 nitrogen and oxygen atoms in total. The summed E-state index contributed by atoms with van der Waals surface area (Å²) in [5.41, 5.74) is 7.64. The van der Waals surface area contributed by atoms with Crippen molar-refractivity contribution in [2.24, 2.45) is 12.2 Å². The second-order valence-corrected chi connectivity index (χ2v) is 2.69. The molecule has 0 bridgehead atoms. The van der Waals surface area contributed by atoms with Gasteiger partial charge >= 0.3 is 5.69 Å². The highest BCUT2D eigenvalue weighted by Crippen LogP contribution is 1.88. The van der Waals surface area contributed by atoms with Crippen LogP contribution in [0.1, 0.15) is 5.56 Å². The molecule has 0 saturated heterocycles. The van der Waals surface area contributed by atoms with Crippen molar-refractivity contribution in [3.05, 3.63) is 43.0 Å². The van der Waals surface area contributed by atoms with Gasteiger partial charge in [0.1, 0.15) is 0 Å². The van der Waals surface area contributed by atoms with Crippen LogP contribution in [0.5, 0.6) is 0 Å². The highest BCUT2D eigenvalue weighted by molar-refractivity contribution is 5.04. The Hall–Kier alpha value is -2.01. The third-order valence-corrected chi connectivity index (χ3v) is 1.80. The van der Waals surface area contributed by atoms with Crippen LogP contribution in [-0.2, 0) is 13.5 Å². The van der Waals surface area contributed by atoms with Gasteiger partial charge in [0.05, 0.1) is 0 Å². The van der Waals surface area contributed by atoms with Gasteiger partial charge in [0.2, 0.25) is 0 Å². The first-order valence-corrected chi connectivity index (χ1v) is 3.95. The number of H-pyrrole nitrogens is 1. The summed E-state index contributed by atoms with van der Waals surface area (Å²) >= 11 is 0. The molecule has 14 heavy (non-hydrogen) atoms. The molecule has 74 valence electrons. The van der Waals surface area contributed by atoms with Gasteiger partial charge in [-0.1, -0.05) is 5.11 Å². The largest absolute Gasteiger partial charge is 0.328 e. The summed E-state index contributed by atoms with van der Waals surface area (Å²) in [7, 11) is 1.39. The Morgan fingerprint density at radius 2 is 2.36 bits per heavy atom. The predicted molar refractivity (Wildman–Crippen MR) is 50.0 cm³/mol. The quantitative estimate of drug-likeness (QED) is 0.414. The number of rotatable bonds is 3. The number of hydrogen-bond donors (Lipinski definition) is 1. The monoisotopic (exact) mass is 195 g/mol. The minimum absolute atomic E-state index is 0.206. The number of nitrogens with one attached hydrogen (secondary N) is 1. The van der Waals surface area contributed by atoms with E-state index < -0.39 is 5.69 Å². The average Bonchev–Trinajstić information content (AvgIpc) is 2.18. The van der Waals surface area contributed by atoms with Crippen molar-refractivity contribution in [2.75, 3.05) is 6.54 Å². The lowest BCUT2D eigenvalue weighted by Crippen LogP contribution is -2.34. The van der Waals surface area contributed by atoms with Crippen LogP contribution in [0.15, 0.2) is 20.9 Å². The third kappa shape index (κ3) is 2.02. The van der Waals surface area contributed by atoms with Crippen molar-refractivity contribution < 1.29 is 0 Å². The van der Waals surface area contributed by atoms with E-state index in [1.807, 2.05) is 0 Å². The van der Waals surface area contributed by atoms with E-state index in [9.17, 15) is 9.59 Å². The molecule has 1 aromatic rings. The van der Waals surface area contributed by atoms with Crippen LogP contribution in [0.25, 0.3) is 10.4 Å². The molecule has 0 amide bonds. The topological polar surface area (TPSA) is 104 Å². The van der Waals surface area contributed by atoms with Crippen molar-refractivity contribution in [1.82, 2.24) is 9.55 Å². The molecule has 7 heteroatoms. The van der Waals surface area contributed by atoms with E-state index in [1.54, 1.807) is 0 Å². The van der Waals surface area contributed by atoms with Crippen molar-refractivity contribution in [3.63, 3.8) is 0 Å². The van der Waals surface area contributed by atoms with Crippen molar-refractivity contribution in [3.8, 4) is 0 Å². The fourth-order valence-corrected chi connectivity index (χ4v) is 1.01. The van der Waals surface area contributed by atoms with Crippen LogP contribution in [0.4, 0.5) is 0 Å². The van der Waals surface area contributed by atoms with Crippen molar-refractivity contribution in [1.29, 1.82) is 0 Å². The first kappa shape index (κ1) is 10.1. The smallest absolute Gasteiger partial charge is 0.314 e. The lowest BCUT2D eigenvalue weighted by Gasteiger charge is -1.99. The molecule has 0 atom stereocenters. The van der Waals surface area contributed by atoms with Gasteiger partial charge in [-0.05, 0) is 12.0 Å². The lowest BCUT2D eigenvalue weighted by molar-refractivity contribution is 0.747. The summed E-state index contributed by atoms with van der Waals surface area (Å²) < 4.78 is 0.978. The number of azide groups is 1. The molecule has 1 N–H and O–H groups in total. The maximum atomic E-state index is 11.4. The maximum Gasteiger partial charge on any atom is 0.328 e. The molecule has 0 aliphatic carbocycles. The molecule has 0 fully saturated rings. The molecule has 1 rings (SSSR count). The van der Waals surface area contributed by atoms with Crippen LogP contribution in [-0.4, -0.2) is 16.1 Å². The van der Waals surface area contributed by atoms with E-state index in [1.165, 1.54) is 13.2 Å². The van der Waals surface area contributed by atoms with E-state index in [2.05, 4.69) is 15.0 Å². The molecule has 1 aromatic heterocycles. The highest BCUT2D eigenvalue weighted by atomic mass is 16.2. The Labute approximate surface area is 78.6 Å². The van der Waals surface area contributed by atoms with Crippen LogP contribution in [0.3, 0.4) is 0 Å². The number of nitrogens with zero attached hydrogens (tertiary/aromatic N) is 4. The molecule has 0 saturated carbocycles. The van der Waals surface area contributed by atoms with Crippen LogP contribution < -0.4 is 11.2 Å².